The maximum absolute atomic E-state index is 13.6. The van der Waals surface area contributed by atoms with Gasteiger partial charge in [0.15, 0.2) is 0 Å². The predicted molar refractivity (Wildman–Crippen MR) is 148 cm³/mol. The third kappa shape index (κ3) is 6.37. The molecule has 2 aromatic heterocycles. The van der Waals surface area contributed by atoms with E-state index in [9.17, 15) is 19.2 Å². The van der Waals surface area contributed by atoms with Gasteiger partial charge in [0.2, 0.25) is 11.8 Å². The molecule has 1 fully saturated rings. The second-order valence-corrected chi connectivity index (χ2v) is 10.8. The number of hydrogen-bond acceptors (Lipinski definition) is 6. The minimum absolute atomic E-state index is 0.238. The van der Waals surface area contributed by atoms with Gasteiger partial charge in [0, 0.05) is 41.7 Å². The normalized spacial score (nSPS) is 17.6. The number of aromatic nitrogens is 1. The van der Waals surface area contributed by atoms with Crippen LogP contribution in [-0.4, -0.2) is 64.1 Å². The van der Waals surface area contributed by atoms with Crippen LogP contribution in [-0.2, 0) is 23.1 Å². The van der Waals surface area contributed by atoms with Gasteiger partial charge in [-0.05, 0) is 54.5 Å². The molecule has 1 saturated heterocycles. The van der Waals surface area contributed by atoms with Crippen molar-refractivity contribution >= 4 is 52.5 Å². The second kappa shape index (κ2) is 12.2. The van der Waals surface area contributed by atoms with E-state index >= 15 is 0 Å². The third-order valence-corrected chi connectivity index (χ3v) is 8.00. The van der Waals surface area contributed by atoms with Crippen LogP contribution in [0.4, 0.5) is 10.5 Å². The Kier molecular flexibility index (Phi) is 8.74. The molecule has 1 aromatic carbocycles. The predicted octanol–water partition coefficient (Wildman–Crippen LogP) is 2.43. The summed E-state index contributed by atoms with van der Waals surface area (Å²) in [5, 5.41) is 10.3. The van der Waals surface area contributed by atoms with E-state index in [4.69, 9.17) is 5.73 Å². The molecule has 4 rings (SSSR count). The lowest BCUT2D eigenvalue weighted by Crippen LogP contribution is -2.58. The monoisotopic (exact) mass is 554 g/mol. The topological polar surface area (TPSA) is 139 Å². The van der Waals surface area contributed by atoms with Crippen molar-refractivity contribution in [3.63, 3.8) is 0 Å². The molecule has 1 aliphatic heterocycles. The van der Waals surface area contributed by atoms with E-state index in [1.54, 1.807) is 47.8 Å². The van der Waals surface area contributed by atoms with Crippen LogP contribution in [0.15, 0.2) is 65.0 Å². The number of aryl methyl sites for hydroxylation is 1. The number of amides is 5. The number of carbonyl (C=O) groups is 4. The lowest BCUT2D eigenvalue weighted by Gasteiger charge is -2.29. The molecule has 5 N–H and O–H groups in total. The Morgan fingerprint density at radius 3 is 2.63 bits per heavy atom. The van der Waals surface area contributed by atoms with Crippen molar-refractivity contribution in [3.05, 3.63) is 70.7 Å². The van der Waals surface area contributed by atoms with Crippen molar-refractivity contribution in [2.75, 3.05) is 18.1 Å². The van der Waals surface area contributed by atoms with Crippen LogP contribution in [0.5, 0.6) is 0 Å². The number of nitrogens with two attached hydrogens (primary N) is 1. The van der Waals surface area contributed by atoms with Gasteiger partial charge in [-0.25, -0.2) is 4.79 Å². The summed E-state index contributed by atoms with van der Waals surface area (Å²) in [7, 11) is 1.74. The van der Waals surface area contributed by atoms with E-state index in [-0.39, 0.29) is 18.9 Å². The Morgan fingerprint density at radius 1 is 1.16 bits per heavy atom. The molecule has 0 aliphatic carbocycles. The Bertz CT molecular complexity index is 1310. The summed E-state index contributed by atoms with van der Waals surface area (Å²) in [5.41, 5.74) is 6.62. The number of carbonyl (C=O) groups excluding carboxylic acids is 4. The van der Waals surface area contributed by atoms with Crippen molar-refractivity contribution in [3.8, 4) is 0 Å². The molecule has 38 heavy (non-hydrogen) atoms. The molecule has 3 heterocycles. The number of primary amides is 1. The molecule has 1 aliphatic rings. The molecule has 12 heteroatoms. The van der Waals surface area contributed by atoms with Crippen molar-refractivity contribution in [1.29, 1.82) is 0 Å². The molecule has 0 spiro atoms. The average Bonchev–Trinajstić information content (AvgIpc) is 3.64. The summed E-state index contributed by atoms with van der Waals surface area (Å²) in [6, 6.07) is 11.3. The summed E-state index contributed by atoms with van der Waals surface area (Å²) in [6.07, 6.45) is 4.28. The van der Waals surface area contributed by atoms with Crippen LogP contribution in [0, 0.1) is 0 Å². The maximum atomic E-state index is 13.6. The first-order valence-corrected chi connectivity index (χ1v) is 14.1. The second-order valence-electron chi connectivity index (χ2n) is 8.92. The number of nitrogens with one attached hydrogen (secondary N) is 3. The zero-order valence-corrected chi connectivity index (χ0v) is 22.7. The van der Waals surface area contributed by atoms with Crippen molar-refractivity contribution in [1.82, 2.24) is 20.1 Å². The van der Waals surface area contributed by atoms with Gasteiger partial charge < -0.3 is 31.2 Å². The van der Waals surface area contributed by atoms with Crippen LogP contribution >= 0.6 is 23.1 Å². The van der Waals surface area contributed by atoms with Gasteiger partial charge in [0.1, 0.15) is 17.8 Å². The quantitative estimate of drug-likeness (QED) is 0.301. The zero-order valence-electron chi connectivity index (χ0n) is 21.0. The summed E-state index contributed by atoms with van der Waals surface area (Å²) in [6.45, 7) is 0.251. The molecule has 200 valence electrons. The Labute approximate surface area is 228 Å². The standard InChI is InChI=1S/C26H30N6O4S2/c1-31-11-4-9-21(31)25(35)32-12-10-19(30-26(36)28-16-6-3-7-17(14-16)37-2)22(32)24(34)29-20(23(27)33)15-18-8-5-13-38-18/h3-9,11,13-14,19-20,22H,10,12,15H2,1-2H3,(H2,27,33)(H,29,34)(H2,28,30,36). The molecule has 5 amide bonds. The molecule has 3 atom stereocenters. The number of thiophene rings is 1. The Morgan fingerprint density at radius 2 is 1.97 bits per heavy atom. The van der Waals surface area contributed by atoms with Gasteiger partial charge >= 0.3 is 6.03 Å². The highest BCUT2D eigenvalue weighted by atomic mass is 32.2. The number of thioether (sulfide) groups is 1. The van der Waals surface area contributed by atoms with E-state index in [0.717, 1.165) is 9.77 Å². The van der Waals surface area contributed by atoms with Crippen molar-refractivity contribution < 1.29 is 19.2 Å². The van der Waals surface area contributed by atoms with E-state index in [1.807, 2.05) is 42.0 Å². The van der Waals surface area contributed by atoms with Crippen LogP contribution in [0.25, 0.3) is 0 Å². The highest BCUT2D eigenvalue weighted by Crippen LogP contribution is 2.23. The van der Waals surface area contributed by atoms with E-state index in [0.29, 0.717) is 17.8 Å². The summed E-state index contributed by atoms with van der Waals surface area (Å²) in [4.78, 5) is 55.4. The number of benzene rings is 1. The van der Waals surface area contributed by atoms with Crippen LogP contribution in [0.3, 0.4) is 0 Å². The SMILES string of the molecule is CSc1cccc(NC(=O)NC2CCN(C(=O)c3cccn3C)C2C(=O)NC(Cc2cccs2)C(N)=O)c1. The lowest BCUT2D eigenvalue weighted by molar-refractivity contribution is -0.130. The number of urea groups is 1. The van der Waals surface area contributed by atoms with Crippen LogP contribution in [0.1, 0.15) is 21.8 Å². The molecule has 0 saturated carbocycles. The third-order valence-electron chi connectivity index (χ3n) is 6.38. The molecule has 10 nitrogen and oxygen atoms in total. The molecule has 3 unspecified atom stereocenters. The van der Waals surface area contributed by atoms with Gasteiger partial charge in [0.05, 0.1) is 6.04 Å². The van der Waals surface area contributed by atoms with Crippen molar-refractivity contribution in [2.24, 2.45) is 12.8 Å². The number of likely N-dealkylation sites (tertiary alicyclic amines) is 1. The van der Waals surface area contributed by atoms with E-state index in [2.05, 4.69) is 16.0 Å². The molecule has 0 bridgehead atoms. The van der Waals surface area contributed by atoms with Gasteiger partial charge in [-0.1, -0.05) is 12.1 Å². The summed E-state index contributed by atoms with van der Waals surface area (Å²) < 4.78 is 1.67. The zero-order chi connectivity index (χ0) is 27.2. The lowest BCUT2D eigenvalue weighted by atomic mass is 10.1. The fourth-order valence-electron chi connectivity index (χ4n) is 4.47. The molecular formula is C26H30N6O4S2. The van der Waals surface area contributed by atoms with Crippen molar-refractivity contribution in [2.45, 2.75) is 35.9 Å². The number of rotatable bonds is 9. The fraction of sp³-hybridized carbons (Fsp3) is 0.308. The first kappa shape index (κ1) is 27.3. The number of hydrogen-bond donors (Lipinski definition) is 4. The van der Waals surface area contributed by atoms with E-state index in [1.165, 1.54) is 16.2 Å². The van der Waals surface area contributed by atoms with Crippen LogP contribution < -0.4 is 21.7 Å². The minimum Gasteiger partial charge on any atom is -0.368 e. The number of anilines is 1. The van der Waals surface area contributed by atoms with Gasteiger partial charge in [-0.15, -0.1) is 23.1 Å². The average molecular weight is 555 g/mol. The summed E-state index contributed by atoms with van der Waals surface area (Å²) >= 11 is 3.00. The molecular weight excluding hydrogens is 524 g/mol. The highest BCUT2D eigenvalue weighted by Gasteiger charge is 2.44. The first-order valence-electron chi connectivity index (χ1n) is 12.0. The first-order chi connectivity index (χ1) is 18.3. The van der Waals surface area contributed by atoms with Gasteiger partial charge in [-0.2, -0.15) is 0 Å². The highest BCUT2D eigenvalue weighted by molar-refractivity contribution is 7.98. The minimum atomic E-state index is -1.04. The summed E-state index contributed by atoms with van der Waals surface area (Å²) in [5.74, 6) is -1.58. The smallest absolute Gasteiger partial charge is 0.319 e. The number of nitrogens with zero attached hydrogens (tertiary/aromatic N) is 2. The molecule has 0 radical (unpaired) electrons. The van der Waals surface area contributed by atoms with Gasteiger partial charge in [-0.3, -0.25) is 14.4 Å². The van der Waals surface area contributed by atoms with Crippen LogP contribution in [0.2, 0.25) is 0 Å². The fourth-order valence-corrected chi connectivity index (χ4v) is 5.68. The Hall–Kier alpha value is -3.77. The van der Waals surface area contributed by atoms with Gasteiger partial charge in [0.25, 0.3) is 5.91 Å². The molecule has 3 aromatic rings. The Balaban J connectivity index is 1.54. The van der Waals surface area contributed by atoms with E-state index < -0.39 is 36.0 Å². The maximum Gasteiger partial charge on any atom is 0.319 e. The largest absolute Gasteiger partial charge is 0.368 e.